The molecule has 0 saturated carbocycles. The summed E-state index contributed by atoms with van der Waals surface area (Å²) in [5.74, 6) is 1.32. The van der Waals surface area contributed by atoms with Crippen molar-refractivity contribution in [2.45, 2.75) is 19.9 Å². The van der Waals surface area contributed by atoms with E-state index in [1.54, 1.807) is 6.20 Å². The van der Waals surface area contributed by atoms with Gasteiger partial charge >= 0.3 is 0 Å². The standard InChI is InChI=1S/C7H12N4O/c1-4-3-10-6(12-4)5(2)11-7(8)9/h3,5H,1-2H3,(H4,8,9,11). The number of nitrogens with two attached hydrogens (primary N) is 2. The van der Waals surface area contributed by atoms with Crippen LogP contribution in [-0.2, 0) is 0 Å². The van der Waals surface area contributed by atoms with E-state index < -0.39 is 0 Å². The lowest BCUT2D eigenvalue weighted by molar-refractivity contribution is 0.444. The van der Waals surface area contributed by atoms with Crippen LogP contribution in [0.15, 0.2) is 15.6 Å². The summed E-state index contributed by atoms with van der Waals surface area (Å²) < 4.78 is 5.22. The van der Waals surface area contributed by atoms with Crippen molar-refractivity contribution in [3.63, 3.8) is 0 Å². The molecule has 5 nitrogen and oxygen atoms in total. The van der Waals surface area contributed by atoms with Crippen LogP contribution in [0.4, 0.5) is 0 Å². The van der Waals surface area contributed by atoms with Crippen LogP contribution in [0.5, 0.6) is 0 Å². The topological polar surface area (TPSA) is 90.4 Å². The molecule has 0 fully saturated rings. The van der Waals surface area contributed by atoms with Gasteiger partial charge in [0, 0.05) is 0 Å². The van der Waals surface area contributed by atoms with E-state index in [1.807, 2.05) is 13.8 Å². The second kappa shape index (κ2) is 3.25. The van der Waals surface area contributed by atoms with Gasteiger partial charge in [-0.05, 0) is 13.8 Å². The quantitative estimate of drug-likeness (QED) is 0.491. The highest BCUT2D eigenvalue weighted by atomic mass is 16.4. The van der Waals surface area contributed by atoms with Crippen molar-refractivity contribution in [1.29, 1.82) is 0 Å². The van der Waals surface area contributed by atoms with Gasteiger partial charge in [0.05, 0.1) is 6.20 Å². The van der Waals surface area contributed by atoms with Gasteiger partial charge in [-0.2, -0.15) is 0 Å². The summed E-state index contributed by atoms with van der Waals surface area (Å²) in [6, 6.07) is -0.219. The van der Waals surface area contributed by atoms with Gasteiger partial charge in [-0.25, -0.2) is 9.98 Å². The average molecular weight is 168 g/mol. The number of aryl methyl sites for hydroxylation is 1. The van der Waals surface area contributed by atoms with Crippen LogP contribution in [0, 0.1) is 6.92 Å². The fraction of sp³-hybridized carbons (Fsp3) is 0.429. The van der Waals surface area contributed by atoms with E-state index in [4.69, 9.17) is 15.9 Å². The molecule has 0 aromatic carbocycles. The monoisotopic (exact) mass is 168 g/mol. The smallest absolute Gasteiger partial charge is 0.219 e. The molecular formula is C7H12N4O. The molecule has 0 amide bonds. The molecule has 4 N–H and O–H groups in total. The summed E-state index contributed by atoms with van der Waals surface area (Å²) in [6.45, 7) is 3.63. The Kier molecular flexibility index (Phi) is 2.32. The van der Waals surface area contributed by atoms with Crippen LogP contribution in [0.1, 0.15) is 24.6 Å². The van der Waals surface area contributed by atoms with Crippen molar-refractivity contribution < 1.29 is 4.42 Å². The van der Waals surface area contributed by atoms with Crippen molar-refractivity contribution >= 4 is 5.96 Å². The van der Waals surface area contributed by atoms with Crippen LogP contribution in [0.25, 0.3) is 0 Å². The maximum atomic E-state index is 5.22. The number of rotatable bonds is 2. The molecule has 5 heteroatoms. The predicted octanol–water partition coefficient (Wildman–Crippen LogP) is 0.317. The third-order valence-corrected chi connectivity index (χ3v) is 1.34. The normalized spacial score (nSPS) is 12.5. The Hall–Kier alpha value is -1.52. The minimum absolute atomic E-state index is 0.0401. The summed E-state index contributed by atoms with van der Waals surface area (Å²) in [5.41, 5.74) is 10.4. The SMILES string of the molecule is Cc1cnc(C(C)N=C(N)N)o1. The van der Waals surface area contributed by atoms with Gasteiger partial charge in [-0.1, -0.05) is 0 Å². The number of aliphatic imine (C=N–C) groups is 1. The number of hydrogen-bond acceptors (Lipinski definition) is 3. The molecule has 1 unspecified atom stereocenters. The van der Waals surface area contributed by atoms with E-state index in [1.165, 1.54) is 0 Å². The Morgan fingerprint density at radius 2 is 2.33 bits per heavy atom. The maximum absolute atomic E-state index is 5.22. The first-order valence-corrected chi connectivity index (χ1v) is 3.60. The fourth-order valence-electron chi connectivity index (χ4n) is 0.844. The van der Waals surface area contributed by atoms with Crippen molar-refractivity contribution in [3.05, 3.63) is 17.8 Å². The third-order valence-electron chi connectivity index (χ3n) is 1.34. The minimum Gasteiger partial charge on any atom is -0.444 e. The Morgan fingerprint density at radius 3 is 2.75 bits per heavy atom. The fourth-order valence-corrected chi connectivity index (χ4v) is 0.844. The number of oxazole rings is 1. The number of nitrogens with zero attached hydrogens (tertiary/aromatic N) is 2. The van der Waals surface area contributed by atoms with E-state index in [9.17, 15) is 0 Å². The molecule has 12 heavy (non-hydrogen) atoms. The highest BCUT2D eigenvalue weighted by molar-refractivity contribution is 5.75. The molecule has 0 aliphatic rings. The molecule has 0 radical (unpaired) electrons. The van der Waals surface area contributed by atoms with Gasteiger partial charge in [-0.15, -0.1) is 0 Å². The van der Waals surface area contributed by atoms with Crippen molar-refractivity contribution in [1.82, 2.24) is 4.98 Å². The van der Waals surface area contributed by atoms with Crippen LogP contribution >= 0.6 is 0 Å². The first-order chi connectivity index (χ1) is 5.59. The Balaban J connectivity index is 2.78. The van der Waals surface area contributed by atoms with Gasteiger partial charge in [-0.3, -0.25) is 0 Å². The van der Waals surface area contributed by atoms with Crippen molar-refractivity contribution in [2.24, 2.45) is 16.5 Å². The highest BCUT2D eigenvalue weighted by Gasteiger charge is 2.09. The van der Waals surface area contributed by atoms with E-state index in [-0.39, 0.29) is 12.0 Å². The molecule has 1 rings (SSSR count). The van der Waals surface area contributed by atoms with Crippen LogP contribution in [0.2, 0.25) is 0 Å². The van der Waals surface area contributed by atoms with Gasteiger partial charge in [0.25, 0.3) is 0 Å². The molecule has 0 saturated heterocycles. The van der Waals surface area contributed by atoms with Crippen molar-refractivity contribution in [3.8, 4) is 0 Å². The second-order valence-corrected chi connectivity index (χ2v) is 2.54. The number of guanidine groups is 1. The minimum atomic E-state index is -0.219. The largest absolute Gasteiger partial charge is 0.444 e. The first-order valence-electron chi connectivity index (χ1n) is 3.60. The zero-order chi connectivity index (χ0) is 9.14. The first kappa shape index (κ1) is 8.58. The van der Waals surface area contributed by atoms with E-state index in [2.05, 4.69) is 9.98 Å². The summed E-state index contributed by atoms with van der Waals surface area (Å²) in [4.78, 5) is 7.86. The van der Waals surface area contributed by atoms with E-state index in [0.29, 0.717) is 5.89 Å². The molecule has 0 spiro atoms. The summed E-state index contributed by atoms with van der Waals surface area (Å²) in [7, 11) is 0. The van der Waals surface area contributed by atoms with Gasteiger partial charge < -0.3 is 15.9 Å². The van der Waals surface area contributed by atoms with Gasteiger partial charge in [0.1, 0.15) is 11.8 Å². The zero-order valence-electron chi connectivity index (χ0n) is 7.11. The van der Waals surface area contributed by atoms with E-state index >= 15 is 0 Å². The molecule has 66 valence electrons. The lowest BCUT2D eigenvalue weighted by atomic mass is 10.4. The summed E-state index contributed by atoms with van der Waals surface area (Å²) >= 11 is 0. The van der Waals surface area contributed by atoms with Crippen LogP contribution in [0.3, 0.4) is 0 Å². The third kappa shape index (κ3) is 1.98. The Bertz CT molecular complexity index is 287. The lowest BCUT2D eigenvalue weighted by Gasteiger charge is -1.99. The second-order valence-electron chi connectivity index (χ2n) is 2.54. The van der Waals surface area contributed by atoms with Crippen LogP contribution < -0.4 is 11.5 Å². The molecule has 1 aromatic heterocycles. The molecule has 1 heterocycles. The van der Waals surface area contributed by atoms with E-state index in [0.717, 1.165) is 5.76 Å². The number of hydrogen-bond donors (Lipinski definition) is 2. The van der Waals surface area contributed by atoms with Crippen molar-refractivity contribution in [2.75, 3.05) is 0 Å². The van der Waals surface area contributed by atoms with Crippen LogP contribution in [-0.4, -0.2) is 10.9 Å². The number of aromatic nitrogens is 1. The molecule has 1 aromatic rings. The highest BCUT2D eigenvalue weighted by Crippen LogP contribution is 2.15. The molecule has 1 atom stereocenters. The molecular weight excluding hydrogens is 156 g/mol. The zero-order valence-corrected chi connectivity index (χ0v) is 7.11. The molecule has 0 aliphatic heterocycles. The maximum Gasteiger partial charge on any atom is 0.219 e. The van der Waals surface area contributed by atoms with Gasteiger partial charge in [0.2, 0.25) is 5.89 Å². The summed E-state index contributed by atoms with van der Waals surface area (Å²) in [6.07, 6.45) is 1.63. The average Bonchev–Trinajstić information content (AvgIpc) is 2.34. The lowest BCUT2D eigenvalue weighted by Crippen LogP contribution is -2.23. The summed E-state index contributed by atoms with van der Waals surface area (Å²) in [5, 5.41) is 0. The Morgan fingerprint density at radius 1 is 1.67 bits per heavy atom. The Labute approximate surface area is 70.5 Å². The molecule has 0 aliphatic carbocycles. The predicted molar refractivity (Wildman–Crippen MR) is 45.5 cm³/mol. The van der Waals surface area contributed by atoms with Gasteiger partial charge in [0.15, 0.2) is 5.96 Å². The molecule has 0 bridgehead atoms.